The molecular formula is C14H6Cl5N3OS. The van der Waals surface area contributed by atoms with E-state index in [1.165, 1.54) is 18.5 Å². The Kier molecular flexibility index (Phi) is 5.21. The Morgan fingerprint density at radius 3 is 2.54 bits per heavy atom. The van der Waals surface area contributed by atoms with Gasteiger partial charge in [-0.2, -0.15) is 0 Å². The highest BCUT2D eigenvalue weighted by molar-refractivity contribution is 8.14. The van der Waals surface area contributed by atoms with Crippen molar-refractivity contribution >= 4 is 80.5 Å². The van der Waals surface area contributed by atoms with E-state index in [-0.39, 0.29) is 15.8 Å². The molecule has 4 nitrogen and oxygen atoms in total. The summed E-state index contributed by atoms with van der Waals surface area (Å²) in [6, 6.07) is 4.80. The average molecular weight is 442 g/mol. The Hall–Kier alpha value is -0.690. The van der Waals surface area contributed by atoms with E-state index in [1.54, 1.807) is 22.7 Å². The molecular weight excluding hydrogens is 436 g/mol. The molecule has 3 rings (SSSR count). The normalized spacial score (nSPS) is 11.9. The van der Waals surface area contributed by atoms with Gasteiger partial charge < -0.3 is 4.40 Å². The van der Waals surface area contributed by atoms with E-state index in [2.05, 4.69) is 9.97 Å². The number of fused-ring (bicyclic) bond motifs is 1. The third-order valence-corrected chi connectivity index (χ3v) is 4.94. The van der Waals surface area contributed by atoms with Crippen LogP contribution in [-0.2, 0) is 3.79 Å². The van der Waals surface area contributed by atoms with Gasteiger partial charge in [0.05, 0.1) is 10.0 Å². The monoisotopic (exact) mass is 439 g/mol. The van der Waals surface area contributed by atoms with Crippen molar-refractivity contribution in [1.29, 1.82) is 0 Å². The minimum absolute atomic E-state index is 0.208. The molecule has 0 spiro atoms. The van der Waals surface area contributed by atoms with Crippen LogP contribution in [0.4, 0.5) is 0 Å². The second kappa shape index (κ2) is 6.90. The smallest absolute Gasteiger partial charge is 0.245 e. The van der Waals surface area contributed by atoms with Crippen LogP contribution in [-0.4, -0.2) is 19.5 Å². The van der Waals surface area contributed by atoms with Gasteiger partial charge in [0.1, 0.15) is 10.7 Å². The molecule has 3 heterocycles. The first-order valence-corrected chi connectivity index (χ1v) is 9.04. The highest BCUT2D eigenvalue weighted by atomic mass is 35.6. The van der Waals surface area contributed by atoms with E-state index in [0.29, 0.717) is 21.3 Å². The molecule has 124 valence electrons. The lowest BCUT2D eigenvalue weighted by molar-refractivity contribution is 0.108. The van der Waals surface area contributed by atoms with Crippen LogP contribution in [0.15, 0.2) is 41.8 Å². The first-order chi connectivity index (χ1) is 11.2. The van der Waals surface area contributed by atoms with Crippen molar-refractivity contribution in [3.8, 4) is 0 Å². The van der Waals surface area contributed by atoms with E-state index in [1.807, 2.05) is 0 Å². The number of carbonyl (C=O) groups is 1. The number of nitrogens with zero attached hydrogens (tertiary/aromatic N) is 3. The molecule has 0 aliphatic carbocycles. The number of carbonyl (C=O) groups excluding carboxylic acids is 1. The summed E-state index contributed by atoms with van der Waals surface area (Å²) in [5, 5.41) is 0.979. The Morgan fingerprint density at radius 1 is 1.17 bits per heavy atom. The molecule has 0 aliphatic rings. The Morgan fingerprint density at radius 2 is 1.92 bits per heavy atom. The molecule has 0 bridgehead atoms. The van der Waals surface area contributed by atoms with Crippen LogP contribution in [0.5, 0.6) is 0 Å². The van der Waals surface area contributed by atoms with Gasteiger partial charge in [0.2, 0.25) is 8.91 Å². The number of imidazole rings is 1. The van der Waals surface area contributed by atoms with E-state index in [0.717, 1.165) is 11.8 Å². The fourth-order valence-corrected chi connectivity index (χ4v) is 3.19. The highest BCUT2D eigenvalue weighted by Crippen LogP contribution is 2.39. The number of hydrogen-bond acceptors (Lipinski definition) is 4. The lowest BCUT2D eigenvalue weighted by atomic mass is 10.3. The molecule has 0 atom stereocenters. The highest BCUT2D eigenvalue weighted by Gasteiger charge is 2.25. The van der Waals surface area contributed by atoms with Gasteiger partial charge in [0, 0.05) is 24.2 Å². The third kappa shape index (κ3) is 3.93. The number of thioether (sulfide) groups is 1. The molecule has 0 amide bonds. The van der Waals surface area contributed by atoms with Gasteiger partial charge in [0.25, 0.3) is 0 Å². The van der Waals surface area contributed by atoms with Gasteiger partial charge in [-0.15, -0.1) is 0 Å². The molecule has 10 heteroatoms. The minimum Gasteiger partial charge on any atom is -0.305 e. The summed E-state index contributed by atoms with van der Waals surface area (Å²) in [5.74, 6) is 0. The maximum absolute atomic E-state index is 12.4. The van der Waals surface area contributed by atoms with Crippen molar-refractivity contribution in [2.75, 3.05) is 0 Å². The molecule has 0 aliphatic heterocycles. The van der Waals surface area contributed by atoms with Crippen molar-refractivity contribution in [3.05, 3.63) is 58.1 Å². The van der Waals surface area contributed by atoms with Gasteiger partial charge in [-0.3, -0.25) is 4.79 Å². The van der Waals surface area contributed by atoms with Gasteiger partial charge in [-0.1, -0.05) is 58.0 Å². The number of halogens is 5. The topological polar surface area (TPSA) is 47.3 Å². The van der Waals surface area contributed by atoms with Crippen LogP contribution >= 0.6 is 69.8 Å². The third-order valence-electron chi connectivity index (χ3n) is 2.94. The summed E-state index contributed by atoms with van der Waals surface area (Å²) in [6.07, 6.45) is 4.54. The van der Waals surface area contributed by atoms with E-state index in [4.69, 9.17) is 58.0 Å². The van der Waals surface area contributed by atoms with Crippen molar-refractivity contribution in [3.63, 3.8) is 0 Å². The molecule has 0 saturated heterocycles. The summed E-state index contributed by atoms with van der Waals surface area (Å²) < 4.78 is -0.0864. The summed E-state index contributed by atoms with van der Waals surface area (Å²) in [4.78, 5) is 20.6. The van der Waals surface area contributed by atoms with Crippen LogP contribution < -0.4 is 0 Å². The first-order valence-electron chi connectivity index (χ1n) is 6.33. The molecule has 0 saturated carbocycles. The zero-order valence-corrected chi connectivity index (χ0v) is 16.1. The second-order valence-electron chi connectivity index (χ2n) is 4.64. The summed E-state index contributed by atoms with van der Waals surface area (Å²) in [7, 11) is 0. The lowest BCUT2D eigenvalue weighted by Gasteiger charge is -2.11. The van der Waals surface area contributed by atoms with E-state index >= 15 is 0 Å². The van der Waals surface area contributed by atoms with Gasteiger partial charge in [0.15, 0.2) is 5.65 Å². The molecule has 24 heavy (non-hydrogen) atoms. The summed E-state index contributed by atoms with van der Waals surface area (Å²) in [6.45, 7) is 0. The fraction of sp³-hybridized carbons (Fsp3) is 0.0714. The zero-order valence-electron chi connectivity index (χ0n) is 11.5. The van der Waals surface area contributed by atoms with Crippen LogP contribution in [0.2, 0.25) is 10.0 Å². The number of rotatable bonds is 2. The largest absolute Gasteiger partial charge is 0.305 e. The Bertz CT molecular complexity index is 921. The number of aromatic nitrogens is 3. The molecule has 0 N–H and O–H groups in total. The maximum atomic E-state index is 12.4. The van der Waals surface area contributed by atoms with Gasteiger partial charge in [-0.05, 0) is 30.0 Å². The SMILES string of the molecule is O=C(Sc1ccc(Cl)cn1)c1cn2cc(C(Cl)(Cl)Cl)cc(Cl)c2n1. The molecule has 3 aromatic heterocycles. The fourth-order valence-electron chi connectivity index (χ4n) is 1.88. The van der Waals surface area contributed by atoms with E-state index in [9.17, 15) is 4.79 Å². The summed E-state index contributed by atoms with van der Waals surface area (Å²) in [5.41, 5.74) is 0.969. The van der Waals surface area contributed by atoms with Crippen molar-refractivity contribution in [1.82, 2.24) is 14.4 Å². The Labute approximate surface area is 166 Å². The van der Waals surface area contributed by atoms with Crippen LogP contribution in [0.25, 0.3) is 5.65 Å². The first kappa shape index (κ1) is 18.1. The Balaban J connectivity index is 1.94. The van der Waals surface area contributed by atoms with Crippen LogP contribution in [0.3, 0.4) is 0 Å². The number of pyridine rings is 2. The molecule has 0 radical (unpaired) electrons. The van der Waals surface area contributed by atoms with Gasteiger partial charge >= 0.3 is 0 Å². The van der Waals surface area contributed by atoms with Crippen LogP contribution in [0, 0.1) is 0 Å². The molecule has 0 aromatic carbocycles. The minimum atomic E-state index is -1.63. The zero-order chi connectivity index (χ0) is 17.5. The van der Waals surface area contributed by atoms with Crippen molar-refractivity contribution in [2.45, 2.75) is 8.82 Å². The van der Waals surface area contributed by atoms with Crippen molar-refractivity contribution < 1.29 is 4.79 Å². The predicted molar refractivity (Wildman–Crippen MR) is 98.9 cm³/mol. The molecule has 0 unspecified atom stereocenters. The summed E-state index contributed by atoms with van der Waals surface area (Å²) >= 11 is 30.5. The maximum Gasteiger partial charge on any atom is 0.245 e. The van der Waals surface area contributed by atoms with Crippen molar-refractivity contribution in [2.24, 2.45) is 0 Å². The van der Waals surface area contributed by atoms with Crippen LogP contribution in [0.1, 0.15) is 16.1 Å². The average Bonchev–Trinajstić information content (AvgIpc) is 2.93. The second-order valence-corrected chi connectivity index (χ2v) is 8.75. The lowest BCUT2D eigenvalue weighted by Crippen LogP contribution is -2.02. The number of hydrogen-bond donors (Lipinski definition) is 0. The van der Waals surface area contributed by atoms with Gasteiger partial charge in [-0.25, -0.2) is 9.97 Å². The molecule has 3 aromatic rings. The quantitative estimate of drug-likeness (QED) is 0.373. The van der Waals surface area contributed by atoms with E-state index < -0.39 is 3.79 Å². The molecule has 0 fully saturated rings. The number of alkyl halides is 3. The predicted octanol–water partition coefficient (Wildman–Crippen LogP) is 5.80. The standard InChI is InChI=1S/C14H6Cl5N3OS/c15-8-1-2-11(20-4-8)24-13(23)10-6-22-5-7(14(17,18)19)3-9(16)12(22)21-10/h1-6H.